The van der Waals surface area contributed by atoms with E-state index in [2.05, 4.69) is 54.2 Å². The van der Waals surface area contributed by atoms with Gasteiger partial charge in [0.05, 0.1) is 31.5 Å². The van der Waals surface area contributed by atoms with Gasteiger partial charge in [-0.3, -0.25) is 14.5 Å². The van der Waals surface area contributed by atoms with E-state index in [0.29, 0.717) is 27.4 Å². The molecule has 1 aliphatic carbocycles. The first-order chi connectivity index (χ1) is 20.1. The summed E-state index contributed by atoms with van der Waals surface area (Å²) in [4.78, 5) is 20.4. The molecule has 2 atom stereocenters. The third kappa shape index (κ3) is 6.52. The van der Waals surface area contributed by atoms with Gasteiger partial charge in [0.2, 0.25) is 0 Å². The Bertz CT molecular complexity index is 1710. The zero-order chi connectivity index (χ0) is 31.3. The normalized spacial score (nSPS) is 18.7. The smallest absolute Gasteiger partial charge is 0.260 e. The van der Waals surface area contributed by atoms with Crippen molar-refractivity contribution in [3.8, 4) is 17.2 Å². The second-order valence-corrected chi connectivity index (χ2v) is 20.9. The number of benzene rings is 2. The van der Waals surface area contributed by atoms with Crippen molar-refractivity contribution in [2.24, 2.45) is 10.6 Å². The van der Waals surface area contributed by atoms with Gasteiger partial charge in [0, 0.05) is 24.7 Å². The average Bonchev–Trinajstić information content (AvgIpc) is 3.20. The first kappa shape index (κ1) is 32.0. The highest BCUT2D eigenvalue weighted by Gasteiger charge is 2.49. The lowest BCUT2D eigenvalue weighted by Crippen LogP contribution is -2.45. The van der Waals surface area contributed by atoms with Crippen LogP contribution in [0.4, 0.5) is 5.82 Å². The highest BCUT2D eigenvalue weighted by atomic mass is 35.5. The Morgan fingerprint density at radius 1 is 1.14 bits per heavy atom. The Morgan fingerprint density at radius 2 is 1.84 bits per heavy atom. The van der Waals surface area contributed by atoms with Gasteiger partial charge in [-0.25, -0.2) is 9.19 Å². The fourth-order valence-corrected chi connectivity index (χ4v) is 7.79. The van der Waals surface area contributed by atoms with Crippen molar-refractivity contribution in [2.75, 3.05) is 18.0 Å². The first-order valence-electron chi connectivity index (χ1n) is 14.7. The van der Waals surface area contributed by atoms with Crippen LogP contribution in [-0.2, 0) is 17.4 Å². The monoisotopic (exact) mass is 654 g/mol. The molecule has 1 unspecified atom stereocenters. The molecule has 1 aromatic heterocycles. The second kappa shape index (κ2) is 11.8. The molecule has 5 rings (SSSR count). The first-order valence-corrected chi connectivity index (χ1v) is 20.2. The van der Waals surface area contributed by atoms with Crippen LogP contribution in [0, 0.1) is 23.8 Å². The molecule has 0 amide bonds. The molecular weight excluding hydrogens is 615 g/mol. The van der Waals surface area contributed by atoms with E-state index in [4.69, 9.17) is 33.3 Å². The maximum atomic E-state index is 13.3. The van der Waals surface area contributed by atoms with Crippen molar-refractivity contribution in [1.82, 2.24) is 9.55 Å². The number of nitrogens with two attached hydrogens (primary N) is 1. The van der Waals surface area contributed by atoms with E-state index >= 15 is 0 Å². The van der Waals surface area contributed by atoms with E-state index in [1.807, 2.05) is 20.8 Å². The quantitative estimate of drug-likeness (QED) is 0.243. The molecule has 0 radical (unpaired) electrons. The Morgan fingerprint density at radius 3 is 2.47 bits per heavy atom. The number of rotatable bonds is 5. The predicted octanol–water partition coefficient (Wildman–Crippen LogP) is 6.79. The van der Waals surface area contributed by atoms with Crippen LogP contribution >= 0.6 is 23.2 Å². The van der Waals surface area contributed by atoms with Gasteiger partial charge in [-0.2, -0.15) is 0 Å². The summed E-state index contributed by atoms with van der Waals surface area (Å²) >= 11 is 12.7. The molecule has 2 N–H and O–H groups in total. The molecule has 0 saturated carbocycles. The number of aromatic nitrogens is 2. The zero-order valence-electron chi connectivity index (χ0n) is 25.8. The molecule has 1 saturated heterocycles. The maximum Gasteiger partial charge on any atom is 0.260 e. The van der Waals surface area contributed by atoms with Crippen LogP contribution in [0.1, 0.15) is 61.5 Å². The molecule has 10 heteroatoms. The van der Waals surface area contributed by atoms with Gasteiger partial charge in [0.25, 0.3) is 5.56 Å². The molecule has 228 valence electrons. The molecule has 2 aliphatic rings. The minimum absolute atomic E-state index is 0.0125. The van der Waals surface area contributed by atoms with E-state index in [1.54, 1.807) is 24.3 Å². The van der Waals surface area contributed by atoms with Crippen LogP contribution in [0.3, 0.4) is 0 Å². The Hall–Kier alpha value is -2.41. The van der Waals surface area contributed by atoms with Gasteiger partial charge in [-0.1, -0.05) is 60.9 Å². The molecule has 43 heavy (non-hydrogen) atoms. The van der Waals surface area contributed by atoms with E-state index in [0.717, 1.165) is 44.3 Å². The summed E-state index contributed by atoms with van der Waals surface area (Å²) in [5.41, 5.74) is 7.56. The summed E-state index contributed by atoms with van der Waals surface area (Å²) in [5.74, 6) is 4.88. The lowest BCUT2D eigenvalue weighted by Gasteiger charge is -2.45. The molecule has 0 bridgehead atoms. The number of anilines is 1. The summed E-state index contributed by atoms with van der Waals surface area (Å²) in [6, 6.07) is 13.5. The number of halogens is 2. The van der Waals surface area contributed by atoms with E-state index in [1.165, 1.54) is 15.7 Å². The summed E-state index contributed by atoms with van der Waals surface area (Å²) in [6.07, 6.45) is 3.57. The zero-order valence-corrected chi connectivity index (χ0v) is 29.1. The van der Waals surface area contributed by atoms with Crippen molar-refractivity contribution in [3.63, 3.8) is 0 Å². The van der Waals surface area contributed by atoms with Crippen LogP contribution in [0.25, 0.3) is 5.69 Å². The van der Waals surface area contributed by atoms with Gasteiger partial charge >= 0.3 is 0 Å². The number of piperidine rings is 1. The maximum absolute atomic E-state index is 13.3. The highest BCUT2D eigenvalue weighted by Crippen LogP contribution is 2.56. The third-order valence-corrected chi connectivity index (χ3v) is 11.9. The number of hydrogen-bond donors (Lipinski definition) is 1. The second-order valence-electron chi connectivity index (χ2n) is 13.7. The Kier molecular flexibility index (Phi) is 8.80. The highest BCUT2D eigenvalue weighted by molar-refractivity contribution is 7.84. The molecule has 6 nitrogen and oxygen atoms in total. The Labute approximate surface area is 268 Å². The SMILES string of the molecule is Cc1nc(N2CCC3(CC2)Cc2ccc(C#C[Si](C)(C)C)cc2[C@H]3CC(C)(C)S(N)=O)cc(=O)n1-c1cccc(Cl)c1Cl. The van der Waals surface area contributed by atoms with Crippen LogP contribution in [0.15, 0.2) is 47.3 Å². The minimum Gasteiger partial charge on any atom is -0.356 e. The lowest BCUT2D eigenvalue weighted by molar-refractivity contribution is 0.170. The standard InChI is InChI=1S/C33H40Cl2N4O2SSi/c1-22-37-29(19-30(40)39(22)28-9-7-8-27(34)31(28)35)38-15-13-33(14-16-38)20-24-11-10-23(12-17-43(4,5)6)18-25(24)26(33)21-32(2,3)42(36)41/h7-11,18-19,26H,13-16,20-21,36H2,1-6H3/t26-,42?/m1/s1. The molecule has 1 spiro atoms. The summed E-state index contributed by atoms with van der Waals surface area (Å²) in [5, 5.41) is 6.71. The molecule has 1 fully saturated rings. The van der Waals surface area contributed by atoms with Gasteiger partial charge in [-0.05, 0) is 93.2 Å². The van der Waals surface area contributed by atoms with Gasteiger partial charge < -0.3 is 4.90 Å². The van der Waals surface area contributed by atoms with Gasteiger partial charge in [-0.15, -0.1) is 5.54 Å². The van der Waals surface area contributed by atoms with Gasteiger partial charge in [0.15, 0.2) is 0 Å². The van der Waals surface area contributed by atoms with Crippen LogP contribution in [0.2, 0.25) is 29.7 Å². The summed E-state index contributed by atoms with van der Waals surface area (Å²) in [6.45, 7) is 14.1. The van der Waals surface area contributed by atoms with Crippen LogP contribution in [-0.4, -0.2) is 39.7 Å². The number of aryl methyl sites for hydroxylation is 1. The Balaban J connectivity index is 1.44. The fourth-order valence-electron chi connectivity index (χ4n) is 6.56. The molecule has 2 heterocycles. The summed E-state index contributed by atoms with van der Waals surface area (Å²) < 4.78 is 13.6. The van der Waals surface area contributed by atoms with Crippen molar-refractivity contribution in [1.29, 1.82) is 0 Å². The largest absolute Gasteiger partial charge is 0.356 e. The van der Waals surface area contributed by atoms with Crippen molar-refractivity contribution < 1.29 is 4.21 Å². The van der Waals surface area contributed by atoms with Crippen LogP contribution in [0.5, 0.6) is 0 Å². The molecule has 2 aromatic carbocycles. The minimum atomic E-state index is -1.52. The predicted molar refractivity (Wildman–Crippen MR) is 183 cm³/mol. The average molecular weight is 656 g/mol. The molecule has 1 aliphatic heterocycles. The van der Waals surface area contributed by atoms with Gasteiger partial charge in [0.1, 0.15) is 19.7 Å². The number of nitrogens with zero attached hydrogens (tertiary/aromatic N) is 3. The van der Waals surface area contributed by atoms with Crippen LogP contribution < -0.4 is 15.6 Å². The number of hydrogen-bond acceptors (Lipinski definition) is 4. The topological polar surface area (TPSA) is 81.2 Å². The molecule has 3 aromatic rings. The fraction of sp³-hybridized carbons (Fsp3) is 0.455. The van der Waals surface area contributed by atoms with E-state index in [9.17, 15) is 9.00 Å². The van der Waals surface area contributed by atoms with Crippen molar-refractivity contribution >= 4 is 48.1 Å². The number of fused-ring (bicyclic) bond motifs is 1. The third-order valence-electron chi connectivity index (χ3n) is 8.95. The van der Waals surface area contributed by atoms with E-state index in [-0.39, 0.29) is 16.9 Å². The summed E-state index contributed by atoms with van der Waals surface area (Å²) in [7, 11) is -2.97. The van der Waals surface area contributed by atoms with Crippen molar-refractivity contribution in [2.45, 2.75) is 76.8 Å². The lowest BCUT2D eigenvalue weighted by atomic mass is 9.66. The molecular formula is C33H40Cl2N4O2SSi. The van der Waals surface area contributed by atoms with E-state index < -0.39 is 23.8 Å². The van der Waals surface area contributed by atoms with Crippen molar-refractivity contribution in [3.05, 3.63) is 85.4 Å².